The molecule has 6 nitrogen and oxygen atoms in total. The number of hydrogen-bond donors (Lipinski definition) is 1. The number of likely N-dealkylation sites (tertiary alicyclic amines) is 2. The summed E-state index contributed by atoms with van der Waals surface area (Å²) in [6.45, 7) is 6.29. The van der Waals surface area contributed by atoms with Crippen molar-refractivity contribution in [2.45, 2.75) is 44.8 Å². The highest BCUT2D eigenvalue weighted by atomic mass is 19.4. The standard InChI is InChI=1S/C29H35F4N3O3/c1-18(2)25(34-26(37)22-15-20(29(31,32)33)7-10-24(22)30)27(38)36-13-11-28(12-14-36)17-35(3)16-23(28)19-5-8-21(39-4)9-6-19/h5-10,15,18,23,25H,11-14,16-17H2,1-4H3,(H,34,37). The molecule has 2 fully saturated rings. The van der Waals surface area contributed by atoms with Crippen molar-refractivity contribution >= 4 is 11.8 Å². The van der Waals surface area contributed by atoms with Crippen LogP contribution in [0.3, 0.4) is 0 Å². The number of halogens is 4. The zero-order chi connectivity index (χ0) is 28.5. The monoisotopic (exact) mass is 549 g/mol. The van der Waals surface area contributed by atoms with Gasteiger partial charge < -0.3 is 19.9 Å². The van der Waals surface area contributed by atoms with Crippen molar-refractivity contribution in [3.8, 4) is 5.75 Å². The van der Waals surface area contributed by atoms with E-state index in [1.54, 1.807) is 25.9 Å². The van der Waals surface area contributed by atoms with E-state index >= 15 is 0 Å². The summed E-state index contributed by atoms with van der Waals surface area (Å²) in [7, 11) is 3.73. The first kappa shape index (κ1) is 28.9. The molecule has 2 amide bonds. The van der Waals surface area contributed by atoms with E-state index in [1.165, 1.54) is 5.56 Å². The molecule has 2 aliphatic rings. The van der Waals surface area contributed by atoms with Crippen molar-refractivity contribution in [1.29, 1.82) is 0 Å². The van der Waals surface area contributed by atoms with Gasteiger partial charge in [0.1, 0.15) is 17.6 Å². The summed E-state index contributed by atoms with van der Waals surface area (Å²) in [6, 6.07) is 8.80. The third-order valence-corrected chi connectivity index (χ3v) is 8.16. The van der Waals surface area contributed by atoms with Gasteiger partial charge >= 0.3 is 6.18 Å². The van der Waals surface area contributed by atoms with E-state index in [0.29, 0.717) is 37.2 Å². The quantitative estimate of drug-likeness (QED) is 0.519. The summed E-state index contributed by atoms with van der Waals surface area (Å²) in [5.41, 5.74) is -0.638. The number of amides is 2. The van der Waals surface area contributed by atoms with Gasteiger partial charge in [-0.1, -0.05) is 26.0 Å². The Morgan fingerprint density at radius 2 is 1.72 bits per heavy atom. The molecule has 10 heteroatoms. The highest BCUT2D eigenvalue weighted by Crippen LogP contribution is 2.49. The molecule has 0 saturated carbocycles. The van der Waals surface area contributed by atoms with E-state index in [0.717, 1.165) is 31.7 Å². The number of piperidine rings is 1. The summed E-state index contributed by atoms with van der Waals surface area (Å²) >= 11 is 0. The Morgan fingerprint density at radius 1 is 1.08 bits per heavy atom. The lowest BCUT2D eigenvalue weighted by Crippen LogP contribution is -2.54. The third kappa shape index (κ3) is 6.05. The van der Waals surface area contributed by atoms with Crippen LogP contribution in [0, 0.1) is 17.2 Å². The summed E-state index contributed by atoms with van der Waals surface area (Å²) < 4.78 is 59.0. The van der Waals surface area contributed by atoms with Crippen LogP contribution in [0.15, 0.2) is 42.5 Å². The van der Waals surface area contributed by atoms with Crippen molar-refractivity contribution in [3.05, 3.63) is 65.0 Å². The van der Waals surface area contributed by atoms with Gasteiger partial charge in [0.15, 0.2) is 0 Å². The Balaban J connectivity index is 1.47. The molecule has 4 rings (SSSR count). The molecule has 2 heterocycles. The average molecular weight is 550 g/mol. The summed E-state index contributed by atoms with van der Waals surface area (Å²) in [4.78, 5) is 30.4. The van der Waals surface area contributed by atoms with E-state index in [-0.39, 0.29) is 17.2 Å². The van der Waals surface area contributed by atoms with Crippen LogP contribution < -0.4 is 10.1 Å². The molecule has 2 aromatic carbocycles. The lowest BCUT2D eigenvalue weighted by Gasteiger charge is -2.44. The number of nitrogens with zero attached hydrogens (tertiary/aromatic N) is 2. The molecular formula is C29H35F4N3O3. The zero-order valence-electron chi connectivity index (χ0n) is 22.6. The van der Waals surface area contributed by atoms with E-state index in [9.17, 15) is 27.2 Å². The number of benzene rings is 2. The van der Waals surface area contributed by atoms with Crippen LogP contribution in [-0.4, -0.2) is 68.0 Å². The second-order valence-electron chi connectivity index (χ2n) is 11.1. The molecule has 2 aromatic rings. The van der Waals surface area contributed by atoms with Crippen LogP contribution in [0.1, 0.15) is 54.1 Å². The number of methoxy groups -OCH3 is 1. The maximum Gasteiger partial charge on any atom is 0.416 e. The van der Waals surface area contributed by atoms with Crippen molar-refractivity contribution in [2.75, 3.05) is 40.3 Å². The maximum atomic E-state index is 14.3. The summed E-state index contributed by atoms with van der Waals surface area (Å²) in [6.07, 6.45) is -3.17. The fourth-order valence-electron chi connectivity index (χ4n) is 6.00. The van der Waals surface area contributed by atoms with Crippen molar-refractivity contribution < 1.29 is 31.9 Å². The van der Waals surface area contributed by atoms with Gasteiger partial charge in [-0.3, -0.25) is 9.59 Å². The number of alkyl halides is 3. The molecule has 2 unspecified atom stereocenters. The predicted molar refractivity (Wildman–Crippen MR) is 139 cm³/mol. The maximum absolute atomic E-state index is 14.3. The Hall–Kier alpha value is -3.14. The summed E-state index contributed by atoms with van der Waals surface area (Å²) in [5.74, 6) is -1.69. The van der Waals surface area contributed by atoms with Crippen LogP contribution in [0.25, 0.3) is 0 Å². The van der Waals surface area contributed by atoms with Crippen LogP contribution in [-0.2, 0) is 11.0 Å². The van der Waals surface area contributed by atoms with Gasteiger partial charge in [-0.2, -0.15) is 13.2 Å². The SMILES string of the molecule is COc1ccc(C2CN(C)CC23CCN(C(=O)C(NC(=O)c2cc(C(F)(F)F)ccc2F)C(C)C)CC3)cc1. The molecule has 0 bridgehead atoms. The van der Waals surface area contributed by atoms with Crippen molar-refractivity contribution in [3.63, 3.8) is 0 Å². The Kier molecular flexibility index (Phi) is 8.25. The van der Waals surface area contributed by atoms with Crippen molar-refractivity contribution in [2.24, 2.45) is 11.3 Å². The minimum atomic E-state index is -4.72. The second kappa shape index (κ2) is 11.2. The Bertz CT molecular complexity index is 1190. The fraction of sp³-hybridized carbons (Fsp3) is 0.517. The smallest absolute Gasteiger partial charge is 0.416 e. The molecule has 1 N–H and O–H groups in total. The minimum absolute atomic E-state index is 0.00213. The van der Waals surface area contributed by atoms with Gasteiger partial charge in [-0.25, -0.2) is 4.39 Å². The lowest BCUT2D eigenvalue weighted by molar-refractivity contribution is -0.138. The van der Waals surface area contributed by atoms with E-state index in [2.05, 4.69) is 29.4 Å². The van der Waals surface area contributed by atoms with Gasteiger partial charge in [0.25, 0.3) is 5.91 Å². The van der Waals surface area contributed by atoms with Crippen LogP contribution >= 0.6 is 0 Å². The van der Waals surface area contributed by atoms with E-state index in [1.807, 2.05) is 12.1 Å². The summed E-state index contributed by atoms with van der Waals surface area (Å²) in [5, 5.41) is 2.51. The first-order chi connectivity index (χ1) is 18.3. The average Bonchev–Trinajstić information content (AvgIpc) is 3.21. The van der Waals surface area contributed by atoms with Gasteiger partial charge in [0.05, 0.1) is 18.2 Å². The highest BCUT2D eigenvalue weighted by Gasteiger charge is 2.48. The van der Waals surface area contributed by atoms with Crippen molar-refractivity contribution in [1.82, 2.24) is 15.1 Å². The Labute approximate surface area is 226 Å². The number of hydrogen-bond acceptors (Lipinski definition) is 4. The number of likely N-dealkylation sites (N-methyl/N-ethyl adjacent to an activating group) is 1. The van der Waals surface area contributed by atoms with Gasteiger partial charge in [-0.15, -0.1) is 0 Å². The topological polar surface area (TPSA) is 61.9 Å². The number of carbonyl (C=O) groups is 2. The van der Waals surface area contributed by atoms with Gasteiger partial charge in [-0.05, 0) is 67.1 Å². The largest absolute Gasteiger partial charge is 0.497 e. The van der Waals surface area contributed by atoms with Crippen LogP contribution in [0.4, 0.5) is 17.6 Å². The molecule has 212 valence electrons. The first-order valence-corrected chi connectivity index (χ1v) is 13.1. The van der Waals surface area contributed by atoms with Gasteiger partial charge in [0.2, 0.25) is 5.91 Å². The third-order valence-electron chi connectivity index (χ3n) is 8.16. The number of rotatable bonds is 6. The molecule has 39 heavy (non-hydrogen) atoms. The highest BCUT2D eigenvalue weighted by molar-refractivity contribution is 5.98. The normalized spacial score (nSPS) is 20.3. The molecule has 2 saturated heterocycles. The first-order valence-electron chi connectivity index (χ1n) is 13.1. The zero-order valence-corrected chi connectivity index (χ0v) is 22.6. The molecule has 0 aromatic heterocycles. The molecule has 0 aliphatic carbocycles. The Morgan fingerprint density at radius 3 is 2.28 bits per heavy atom. The predicted octanol–water partition coefficient (Wildman–Crippen LogP) is 4.95. The van der Waals surface area contributed by atoms with Crippen LogP contribution in [0.2, 0.25) is 0 Å². The molecular weight excluding hydrogens is 514 g/mol. The number of nitrogens with one attached hydrogen (secondary N) is 1. The molecule has 0 radical (unpaired) electrons. The lowest BCUT2D eigenvalue weighted by atomic mass is 9.68. The fourth-order valence-corrected chi connectivity index (χ4v) is 6.00. The minimum Gasteiger partial charge on any atom is -0.497 e. The number of carbonyl (C=O) groups excluding carboxylic acids is 2. The van der Waals surface area contributed by atoms with Crippen LogP contribution in [0.5, 0.6) is 5.75 Å². The number of ether oxygens (including phenoxy) is 1. The molecule has 2 aliphatic heterocycles. The van der Waals surface area contributed by atoms with E-state index < -0.39 is 35.1 Å². The van der Waals surface area contributed by atoms with E-state index in [4.69, 9.17) is 4.74 Å². The van der Waals surface area contributed by atoms with Gasteiger partial charge in [0, 0.05) is 32.1 Å². The molecule has 2 atom stereocenters. The second-order valence-corrected chi connectivity index (χ2v) is 11.1. The molecule has 1 spiro atoms.